The lowest BCUT2D eigenvalue weighted by molar-refractivity contribution is -0.113. The molecule has 3 aromatic carbocycles. The lowest BCUT2D eigenvalue weighted by atomic mass is 10.2. The number of carbonyl (C=O) groups is 1. The molecular formula is C27H27N3O4S. The number of anilines is 1. The molecule has 0 unspecified atom stereocenters. The second kappa shape index (κ2) is 10.8. The van der Waals surface area contributed by atoms with Crippen LogP contribution in [0.15, 0.2) is 71.6 Å². The molecule has 1 amide bonds. The first-order valence-corrected chi connectivity index (χ1v) is 12.6. The molecule has 1 aliphatic rings. The molecule has 0 atom stereocenters. The van der Waals surface area contributed by atoms with E-state index in [2.05, 4.69) is 16.0 Å². The molecule has 5 rings (SSSR count). The van der Waals surface area contributed by atoms with E-state index in [1.807, 2.05) is 67.6 Å². The number of amides is 1. The number of nitrogens with one attached hydrogen (secondary N) is 1. The van der Waals surface area contributed by atoms with Gasteiger partial charge in [0.15, 0.2) is 0 Å². The number of para-hydroxylation sites is 2. The minimum Gasteiger partial charge on any atom is -0.489 e. The van der Waals surface area contributed by atoms with E-state index in [1.54, 1.807) is 0 Å². The summed E-state index contributed by atoms with van der Waals surface area (Å²) in [6.07, 6.45) is 0. The van der Waals surface area contributed by atoms with Crippen LogP contribution < -0.4 is 14.8 Å². The second-order valence-corrected chi connectivity index (χ2v) is 9.10. The summed E-state index contributed by atoms with van der Waals surface area (Å²) >= 11 is 1.52. The lowest BCUT2D eigenvalue weighted by Crippen LogP contribution is -2.18. The van der Waals surface area contributed by atoms with Crippen molar-refractivity contribution < 1.29 is 19.0 Å². The van der Waals surface area contributed by atoms with Crippen molar-refractivity contribution >= 4 is 34.4 Å². The van der Waals surface area contributed by atoms with Crippen molar-refractivity contribution in [2.45, 2.75) is 31.6 Å². The number of rotatable bonds is 10. The number of aromatic nitrogens is 2. The van der Waals surface area contributed by atoms with Crippen molar-refractivity contribution in [2.75, 3.05) is 24.3 Å². The zero-order valence-corrected chi connectivity index (χ0v) is 20.3. The van der Waals surface area contributed by atoms with Crippen LogP contribution in [0, 0.1) is 0 Å². The van der Waals surface area contributed by atoms with Gasteiger partial charge in [-0.1, -0.05) is 24.3 Å². The number of carbonyl (C=O) groups excluding carboxylic acids is 1. The van der Waals surface area contributed by atoms with Gasteiger partial charge in [-0.3, -0.25) is 4.79 Å². The van der Waals surface area contributed by atoms with Crippen molar-refractivity contribution in [1.82, 2.24) is 9.55 Å². The average molecular weight is 490 g/mol. The molecule has 0 bridgehead atoms. The highest BCUT2D eigenvalue weighted by Crippen LogP contribution is 2.34. The van der Waals surface area contributed by atoms with E-state index in [9.17, 15) is 4.79 Å². The number of imidazole rings is 1. The molecule has 180 valence electrons. The van der Waals surface area contributed by atoms with Crippen LogP contribution in [-0.4, -0.2) is 34.4 Å². The number of benzene rings is 3. The van der Waals surface area contributed by atoms with Crippen LogP contribution in [0.1, 0.15) is 18.3 Å². The van der Waals surface area contributed by atoms with E-state index >= 15 is 0 Å². The van der Waals surface area contributed by atoms with E-state index in [0.29, 0.717) is 32.2 Å². The van der Waals surface area contributed by atoms with Gasteiger partial charge in [-0.15, -0.1) is 11.8 Å². The highest BCUT2D eigenvalue weighted by molar-refractivity contribution is 8.00. The maximum atomic E-state index is 11.5. The summed E-state index contributed by atoms with van der Waals surface area (Å²) in [5.74, 6) is 2.89. The summed E-state index contributed by atoms with van der Waals surface area (Å²) < 4.78 is 19.7. The van der Waals surface area contributed by atoms with Gasteiger partial charge < -0.3 is 24.1 Å². The highest BCUT2D eigenvalue weighted by atomic mass is 32.2. The highest BCUT2D eigenvalue weighted by Gasteiger charge is 2.16. The lowest BCUT2D eigenvalue weighted by Gasteiger charge is -2.17. The summed E-state index contributed by atoms with van der Waals surface area (Å²) in [5, 5.41) is 2.87. The first kappa shape index (κ1) is 23.3. The van der Waals surface area contributed by atoms with Gasteiger partial charge in [-0.2, -0.15) is 0 Å². The Balaban J connectivity index is 1.19. The van der Waals surface area contributed by atoms with Crippen LogP contribution in [0.5, 0.6) is 11.5 Å². The van der Waals surface area contributed by atoms with Crippen molar-refractivity contribution in [3.05, 3.63) is 78.1 Å². The SMILES string of the molecule is CCOCCn1c(COc2ccc(COc3ccc4c(c3)SCC(=O)N4)cc2)nc2ccccc21. The Morgan fingerprint density at radius 3 is 2.66 bits per heavy atom. The van der Waals surface area contributed by atoms with Gasteiger partial charge in [0.2, 0.25) is 5.91 Å². The van der Waals surface area contributed by atoms with Crippen LogP contribution in [-0.2, 0) is 29.3 Å². The smallest absolute Gasteiger partial charge is 0.234 e. The van der Waals surface area contributed by atoms with Crippen LogP contribution in [0.2, 0.25) is 0 Å². The minimum absolute atomic E-state index is 0.0289. The van der Waals surface area contributed by atoms with Crippen LogP contribution in [0.4, 0.5) is 5.69 Å². The molecule has 0 radical (unpaired) electrons. The Hall–Kier alpha value is -3.49. The quantitative estimate of drug-likeness (QED) is 0.306. The van der Waals surface area contributed by atoms with Gasteiger partial charge in [0.25, 0.3) is 0 Å². The Morgan fingerprint density at radius 1 is 1.00 bits per heavy atom. The molecule has 35 heavy (non-hydrogen) atoms. The average Bonchev–Trinajstić information content (AvgIpc) is 3.24. The van der Waals surface area contributed by atoms with Crippen molar-refractivity contribution in [2.24, 2.45) is 0 Å². The molecule has 0 aliphatic carbocycles. The Bertz CT molecular complexity index is 1320. The number of hydrogen-bond acceptors (Lipinski definition) is 6. The molecule has 1 aliphatic heterocycles. The molecule has 0 saturated heterocycles. The molecule has 0 spiro atoms. The monoisotopic (exact) mass is 489 g/mol. The summed E-state index contributed by atoms with van der Waals surface area (Å²) in [6.45, 7) is 4.88. The first-order chi connectivity index (χ1) is 17.2. The van der Waals surface area contributed by atoms with Crippen molar-refractivity contribution in [1.29, 1.82) is 0 Å². The number of fused-ring (bicyclic) bond motifs is 2. The van der Waals surface area contributed by atoms with Crippen molar-refractivity contribution in [3.63, 3.8) is 0 Å². The molecule has 0 saturated carbocycles. The fourth-order valence-corrected chi connectivity index (χ4v) is 4.76. The number of thioether (sulfide) groups is 1. The predicted molar refractivity (Wildman–Crippen MR) is 137 cm³/mol. The Labute approximate surface area is 208 Å². The summed E-state index contributed by atoms with van der Waals surface area (Å²) in [6, 6.07) is 21.7. The van der Waals surface area contributed by atoms with Crippen LogP contribution in [0.25, 0.3) is 11.0 Å². The molecule has 1 N–H and O–H groups in total. The van der Waals surface area contributed by atoms with E-state index < -0.39 is 0 Å². The minimum atomic E-state index is 0.0289. The largest absolute Gasteiger partial charge is 0.489 e. The number of ether oxygens (including phenoxy) is 3. The van der Waals surface area contributed by atoms with Gasteiger partial charge >= 0.3 is 0 Å². The van der Waals surface area contributed by atoms with E-state index in [1.165, 1.54) is 11.8 Å². The fraction of sp³-hybridized carbons (Fsp3) is 0.259. The number of hydrogen-bond donors (Lipinski definition) is 1. The number of nitrogens with zero attached hydrogens (tertiary/aromatic N) is 2. The molecule has 7 nitrogen and oxygen atoms in total. The van der Waals surface area contributed by atoms with E-state index in [4.69, 9.17) is 19.2 Å². The molecular weight excluding hydrogens is 462 g/mol. The van der Waals surface area contributed by atoms with Crippen LogP contribution >= 0.6 is 11.8 Å². The fourth-order valence-electron chi connectivity index (χ4n) is 3.93. The predicted octanol–water partition coefficient (Wildman–Crippen LogP) is 5.28. The zero-order chi connectivity index (χ0) is 24.0. The summed E-state index contributed by atoms with van der Waals surface area (Å²) in [7, 11) is 0. The summed E-state index contributed by atoms with van der Waals surface area (Å²) in [4.78, 5) is 17.3. The van der Waals surface area contributed by atoms with E-state index in [-0.39, 0.29) is 5.91 Å². The van der Waals surface area contributed by atoms with Gasteiger partial charge in [0.1, 0.15) is 30.5 Å². The zero-order valence-electron chi connectivity index (χ0n) is 19.5. The molecule has 8 heteroatoms. The summed E-state index contributed by atoms with van der Waals surface area (Å²) in [5.41, 5.74) is 3.92. The Kier molecular flexibility index (Phi) is 7.20. The van der Waals surface area contributed by atoms with Crippen molar-refractivity contribution in [3.8, 4) is 11.5 Å². The van der Waals surface area contributed by atoms with E-state index in [0.717, 1.165) is 51.0 Å². The molecule has 2 heterocycles. The standard InChI is InChI=1S/C27H27N3O4S/c1-2-32-14-13-30-24-6-4-3-5-22(24)28-26(30)17-34-20-9-7-19(8-10-20)16-33-21-11-12-23-25(15-21)35-18-27(31)29-23/h3-12,15H,2,13-14,16-18H2,1H3,(H,29,31). The molecule has 1 aromatic heterocycles. The Morgan fingerprint density at radius 2 is 1.80 bits per heavy atom. The first-order valence-electron chi connectivity index (χ1n) is 11.6. The molecule has 0 fully saturated rings. The van der Waals surface area contributed by atoms with Gasteiger partial charge in [-0.05, 0) is 55.0 Å². The third-order valence-corrected chi connectivity index (χ3v) is 6.73. The van der Waals surface area contributed by atoms with Crippen LogP contribution in [0.3, 0.4) is 0 Å². The topological polar surface area (TPSA) is 74.6 Å². The maximum absolute atomic E-state index is 11.5. The maximum Gasteiger partial charge on any atom is 0.234 e. The second-order valence-electron chi connectivity index (χ2n) is 8.08. The third-order valence-electron chi connectivity index (χ3n) is 5.68. The molecule has 4 aromatic rings. The normalized spacial score (nSPS) is 12.9. The van der Waals surface area contributed by atoms with Gasteiger partial charge in [0.05, 0.1) is 29.1 Å². The third kappa shape index (κ3) is 5.61. The van der Waals surface area contributed by atoms with Gasteiger partial charge in [-0.25, -0.2) is 4.98 Å². The van der Waals surface area contributed by atoms with Gasteiger partial charge in [0, 0.05) is 18.0 Å².